The molecular formula is C9H8F3N5O. The summed E-state index contributed by atoms with van der Waals surface area (Å²) in [7, 11) is 2.70. The van der Waals surface area contributed by atoms with Crippen LogP contribution in [0.1, 0.15) is 5.82 Å². The number of aromatic nitrogens is 3. The van der Waals surface area contributed by atoms with Gasteiger partial charge in [0.05, 0.1) is 0 Å². The van der Waals surface area contributed by atoms with Gasteiger partial charge in [-0.25, -0.2) is 9.97 Å². The molecule has 2 aromatic rings. The maximum atomic E-state index is 12.6. The molecule has 96 valence electrons. The first kappa shape index (κ1) is 12.3. The Labute approximate surface area is 98.8 Å². The Bertz CT molecular complexity index is 619. The number of hydrogen-bond donors (Lipinski definition) is 1. The zero-order chi connectivity index (χ0) is 13.5. The third kappa shape index (κ3) is 1.77. The Kier molecular flexibility index (Phi) is 2.68. The van der Waals surface area contributed by atoms with Crippen molar-refractivity contribution in [2.45, 2.75) is 6.18 Å². The van der Waals surface area contributed by atoms with Crippen molar-refractivity contribution in [2.75, 3.05) is 12.4 Å². The predicted molar refractivity (Wildman–Crippen MR) is 58.5 cm³/mol. The number of hydrogen-bond acceptors (Lipinski definition) is 5. The first-order valence-corrected chi connectivity index (χ1v) is 4.84. The molecule has 0 atom stereocenters. The Hall–Kier alpha value is -2.19. The van der Waals surface area contributed by atoms with Gasteiger partial charge in [-0.3, -0.25) is 0 Å². The van der Waals surface area contributed by atoms with E-state index in [0.717, 1.165) is 10.6 Å². The molecule has 6 nitrogen and oxygen atoms in total. The fourth-order valence-corrected chi connectivity index (χ4v) is 1.61. The Morgan fingerprint density at radius 3 is 2.56 bits per heavy atom. The molecule has 0 bridgehead atoms. The van der Waals surface area contributed by atoms with E-state index in [1.165, 1.54) is 14.1 Å². The number of nitrogens with zero attached hydrogens (tertiary/aromatic N) is 4. The molecule has 0 amide bonds. The average Bonchev–Trinajstić information content (AvgIpc) is 2.64. The number of pyridine rings is 1. The van der Waals surface area contributed by atoms with Gasteiger partial charge in [-0.15, -0.1) is 4.91 Å². The molecule has 0 fully saturated rings. The van der Waals surface area contributed by atoms with Crippen molar-refractivity contribution in [3.63, 3.8) is 0 Å². The van der Waals surface area contributed by atoms with Gasteiger partial charge >= 0.3 is 6.18 Å². The number of anilines is 1. The van der Waals surface area contributed by atoms with Gasteiger partial charge in [-0.2, -0.15) is 13.2 Å². The summed E-state index contributed by atoms with van der Waals surface area (Å²) in [6.07, 6.45) is -4.58. The second-order valence-corrected chi connectivity index (χ2v) is 3.53. The lowest BCUT2D eigenvalue weighted by molar-refractivity contribution is -0.146. The van der Waals surface area contributed by atoms with E-state index in [1.54, 1.807) is 0 Å². The van der Waals surface area contributed by atoms with Crippen molar-refractivity contribution in [1.29, 1.82) is 0 Å². The Balaban J connectivity index is 2.77. The summed E-state index contributed by atoms with van der Waals surface area (Å²) in [5, 5.41) is 5.27. The van der Waals surface area contributed by atoms with Crippen molar-refractivity contribution >= 4 is 22.7 Å². The van der Waals surface area contributed by atoms with Gasteiger partial charge in [-0.1, -0.05) is 0 Å². The van der Waals surface area contributed by atoms with Crippen LogP contribution >= 0.6 is 0 Å². The van der Waals surface area contributed by atoms with Crippen LogP contribution in [0, 0.1) is 4.91 Å². The Morgan fingerprint density at radius 1 is 1.39 bits per heavy atom. The third-order valence-electron chi connectivity index (χ3n) is 2.41. The lowest BCUT2D eigenvalue weighted by Crippen LogP contribution is -2.12. The van der Waals surface area contributed by atoms with E-state index >= 15 is 0 Å². The maximum Gasteiger partial charge on any atom is 0.449 e. The normalized spacial score (nSPS) is 11.8. The van der Waals surface area contributed by atoms with E-state index in [9.17, 15) is 18.1 Å². The average molecular weight is 259 g/mol. The van der Waals surface area contributed by atoms with Crippen molar-refractivity contribution < 1.29 is 13.2 Å². The fourth-order valence-electron chi connectivity index (χ4n) is 1.61. The SMILES string of the molecule is CNc1nc2c(cc1N=O)nc(C(F)(F)F)n2C. The maximum absolute atomic E-state index is 12.6. The molecule has 2 aromatic heterocycles. The molecule has 0 unspecified atom stereocenters. The molecule has 0 spiro atoms. The number of alkyl halides is 3. The van der Waals surface area contributed by atoms with Gasteiger partial charge in [0.15, 0.2) is 17.2 Å². The van der Waals surface area contributed by atoms with Crippen LogP contribution in [-0.2, 0) is 13.2 Å². The van der Waals surface area contributed by atoms with Crippen LogP contribution in [0.25, 0.3) is 11.2 Å². The minimum absolute atomic E-state index is 0.0269. The molecular weight excluding hydrogens is 251 g/mol. The van der Waals surface area contributed by atoms with Gasteiger partial charge in [0.25, 0.3) is 0 Å². The highest BCUT2D eigenvalue weighted by molar-refractivity contribution is 5.81. The quantitative estimate of drug-likeness (QED) is 0.840. The van der Waals surface area contributed by atoms with Crippen molar-refractivity contribution in [2.24, 2.45) is 12.2 Å². The molecule has 9 heteroatoms. The zero-order valence-corrected chi connectivity index (χ0v) is 9.41. The monoisotopic (exact) mass is 259 g/mol. The summed E-state index contributed by atoms with van der Waals surface area (Å²) in [5.41, 5.74) is -0.0886. The number of nitrogens with one attached hydrogen (secondary N) is 1. The highest BCUT2D eigenvalue weighted by Crippen LogP contribution is 2.33. The third-order valence-corrected chi connectivity index (χ3v) is 2.41. The number of imidazole rings is 1. The van der Waals surface area contributed by atoms with E-state index in [2.05, 4.69) is 20.5 Å². The molecule has 0 aromatic carbocycles. The number of halogens is 3. The van der Waals surface area contributed by atoms with Crippen LogP contribution in [-0.4, -0.2) is 21.6 Å². The number of nitroso groups, excluding NO2 is 1. The van der Waals surface area contributed by atoms with Gasteiger partial charge in [0.1, 0.15) is 5.52 Å². The molecule has 2 rings (SSSR count). The van der Waals surface area contributed by atoms with Crippen molar-refractivity contribution in [3.8, 4) is 0 Å². The van der Waals surface area contributed by atoms with Gasteiger partial charge in [0, 0.05) is 20.2 Å². The van der Waals surface area contributed by atoms with E-state index in [1.807, 2.05) is 0 Å². The lowest BCUT2D eigenvalue weighted by Gasteiger charge is -2.05. The zero-order valence-electron chi connectivity index (χ0n) is 9.41. The topological polar surface area (TPSA) is 72.2 Å². The first-order valence-electron chi connectivity index (χ1n) is 4.84. The number of fused-ring (bicyclic) bond motifs is 1. The fraction of sp³-hybridized carbons (Fsp3) is 0.333. The van der Waals surface area contributed by atoms with Gasteiger partial charge in [-0.05, 0) is 5.18 Å². The highest BCUT2D eigenvalue weighted by atomic mass is 19.4. The van der Waals surface area contributed by atoms with Gasteiger partial charge < -0.3 is 9.88 Å². The highest BCUT2D eigenvalue weighted by Gasteiger charge is 2.37. The number of rotatable bonds is 2. The van der Waals surface area contributed by atoms with Crippen LogP contribution < -0.4 is 5.32 Å². The van der Waals surface area contributed by atoms with Crippen LogP contribution in [0.15, 0.2) is 11.2 Å². The van der Waals surface area contributed by atoms with Crippen molar-refractivity contribution in [1.82, 2.24) is 14.5 Å². The minimum atomic E-state index is -4.58. The first-order chi connectivity index (χ1) is 8.38. The largest absolute Gasteiger partial charge is 0.449 e. The standard InChI is InChI=1S/C9H8F3N5O/c1-13-6-4(16-18)3-5-7(15-6)17(2)8(14-5)9(10,11)12/h3H,1-2H3,(H,13,15). The molecule has 0 radical (unpaired) electrons. The summed E-state index contributed by atoms with van der Waals surface area (Å²) in [6.45, 7) is 0. The van der Waals surface area contributed by atoms with E-state index in [4.69, 9.17) is 0 Å². The van der Waals surface area contributed by atoms with E-state index < -0.39 is 12.0 Å². The molecule has 18 heavy (non-hydrogen) atoms. The smallest absolute Gasteiger partial charge is 0.371 e. The molecule has 1 N–H and O–H groups in total. The molecule has 0 aliphatic carbocycles. The van der Waals surface area contributed by atoms with Crippen LogP contribution in [0.5, 0.6) is 0 Å². The lowest BCUT2D eigenvalue weighted by atomic mass is 10.3. The summed E-state index contributed by atoms with van der Waals surface area (Å²) in [4.78, 5) is 17.8. The van der Waals surface area contributed by atoms with Crippen molar-refractivity contribution in [3.05, 3.63) is 16.8 Å². The minimum Gasteiger partial charge on any atom is -0.371 e. The Morgan fingerprint density at radius 2 is 2.06 bits per heavy atom. The van der Waals surface area contributed by atoms with Crippen LogP contribution in [0.2, 0.25) is 0 Å². The van der Waals surface area contributed by atoms with E-state index in [-0.39, 0.29) is 22.7 Å². The predicted octanol–water partition coefficient (Wildman–Crippen LogP) is 2.43. The number of aryl methyl sites for hydroxylation is 1. The summed E-state index contributed by atoms with van der Waals surface area (Å²) >= 11 is 0. The van der Waals surface area contributed by atoms with Crippen LogP contribution in [0.3, 0.4) is 0 Å². The van der Waals surface area contributed by atoms with E-state index in [0.29, 0.717) is 0 Å². The molecule has 0 aliphatic heterocycles. The summed E-state index contributed by atoms with van der Waals surface area (Å²) in [6, 6.07) is 1.16. The van der Waals surface area contributed by atoms with Gasteiger partial charge in [0.2, 0.25) is 5.82 Å². The summed E-state index contributed by atoms with van der Waals surface area (Å²) in [5.74, 6) is -0.968. The summed E-state index contributed by atoms with van der Waals surface area (Å²) < 4.78 is 38.7. The molecule has 0 aliphatic rings. The molecule has 2 heterocycles. The molecule has 0 saturated heterocycles. The molecule has 0 saturated carbocycles. The second-order valence-electron chi connectivity index (χ2n) is 3.53. The van der Waals surface area contributed by atoms with Crippen LogP contribution in [0.4, 0.5) is 24.7 Å². The second kappa shape index (κ2) is 3.93.